The lowest BCUT2D eigenvalue weighted by molar-refractivity contribution is 0.169. The highest BCUT2D eigenvalue weighted by molar-refractivity contribution is 6.28. The second-order valence-electron chi connectivity index (χ2n) is 4.87. The molecule has 0 radical (unpaired) electrons. The average Bonchev–Trinajstić information content (AvgIpc) is 2.50. The van der Waals surface area contributed by atoms with Crippen LogP contribution in [0.5, 0.6) is 5.88 Å². The Bertz CT molecular complexity index is 662. The minimum absolute atomic E-state index is 0.0164. The highest BCUT2D eigenvalue weighted by Gasteiger charge is 2.15. The molecule has 7 heteroatoms. The van der Waals surface area contributed by atoms with Crippen LogP contribution < -0.4 is 10.1 Å². The monoisotopic (exact) mass is 320 g/mol. The molecule has 0 bridgehead atoms. The number of aromatic nitrogens is 2. The summed E-state index contributed by atoms with van der Waals surface area (Å²) in [6, 6.07) is 9.87. The summed E-state index contributed by atoms with van der Waals surface area (Å²) >= 11 is 5.90. The number of hydrogen-bond acceptors (Lipinski definition) is 5. The van der Waals surface area contributed by atoms with E-state index >= 15 is 0 Å². The van der Waals surface area contributed by atoms with Crippen LogP contribution in [0.1, 0.15) is 11.1 Å². The standard InChI is InChI=1S/C15H17ClN4O2/c1-10-12(17-9-11-7-5-4-6-8-11)18-14(16)19-13(10)22-15(21)20(2)3/h4-8H,9H2,1-3H3,(H,17,18,19). The highest BCUT2D eigenvalue weighted by atomic mass is 35.5. The highest BCUT2D eigenvalue weighted by Crippen LogP contribution is 2.24. The van der Waals surface area contributed by atoms with Crippen molar-refractivity contribution in [2.45, 2.75) is 13.5 Å². The quantitative estimate of drug-likeness (QED) is 0.877. The number of carbonyl (C=O) groups excluding carboxylic acids is 1. The average molecular weight is 321 g/mol. The van der Waals surface area contributed by atoms with Crippen molar-refractivity contribution < 1.29 is 9.53 Å². The van der Waals surface area contributed by atoms with Gasteiger partial charge in [-0.05, 0) is 24.1 Å². The smallest absolute Gasteiger partial charge is 0.391 e. The number of ether oxygens (including phenoxy) is 1. The van der Waals surface area contributed by atoms with Gasteiger partial charge in [-0.25, -0.2) is 9.78 Å². The van der Waals surface area contributed by atoms with Crippen molar-refractivity contribution in [2.75, 3.05) is 19.4 Å². The zero-order valence-corrected chi connectivity index (χ0v) is 13.4. The van der Waals surface area contributed by atoms with Gasteiger partial charge in [-0.3, -0.25) is 0 Å². The Morgan fingerprint density at radius 1 is 1.27 bits per heavy atom. The number of rotatable bonds is 4. The normalized spacial score (nSPS) is 10.2. The minimum atomic E-state index is -0.521. The number of halogens is 1. The topological polar surface area (TPSA) is 67.4 Å². The third kappa shape index (κ3) is 4.08. The first kappa shape index (κ1) is 16.0. The van der Waals surface area contributed by atoms with Gasteiger partial charge >= 0.3 is 6.09 Å². The molecule has 1 aromatic heterocycles. The van der Waals surface area contributed by atoms with Crippen LogP contribution in [0.2, 0.25) is 5.28 Å². The van der Waals surface area contributed by atoms with Crippen LogP contribution in [0.15, 0.2) is 30.3 Å². The molecule has 0 saturated carbocycles. The Morgan fingerprint density at radius 3 is 2.59 bits per heavy atom. The maximum Gasteiger partial charge on any atom is 0.416 e. The van der Waals surface area contributed by atoms with E-state index in [2.05, 4.69) is 15.3 Å². The largest absolute Gasteiger partial charge is 0.416 e. The van der Waals surface area contributed by atoms with E-state index in [1.165, 1.54) is 4.90 Å². The van der Waals surface area contributed by atoms with Gasteiger partial charge in [0.2, 0.25) is 11.2 Å². The van der Waals surface area contributed by atoms with Gasteiger partial charge in [0.05, 0.1) is 5.56 Å². The molecule has 0 atom stereocenters. The van der Waals surface area contributed by atoms with Gasteiger partial charge < -0.3 is 15.0 Å². The lowest BCUT2D eigenvalue weighted by atomic mass is 10.2. The number of amides is 1. The van der Waals surface area contributed by atoms with Crippen LogP contribution in [0, 0.1) is 6.92 Å². The molecule has 1 amide bonds. The number of anilines is 1. The van der Waals surface area contributed by atoms with E-state index in [0.29, 0.717) is 17.9 Å². The number of benzene rings is 1. The molecule has 2 rings (SSSR count). The Kier molecular flexibility index (Phi) is 5.16. The van der Waals surface area contributed by atoms with Gasteiger partial charge in [-0.2, -0.15) is 4.98 Å². The fraction of sp³-hybridized carbons (Fsp3) is 0.267. The lowest BCUT2D eigenvalue weighted by Crippen LogP contribution is -2.26. The molecular weight excluding hydrogens is 304 g/mol. The van der Waals surface area contributed by atoms with Crippen molar-refractivity contribution in [2.24, 2.45) is 0 Å². The zero-order chi connectivity index (χ0) is 16.1. The minimum Gasteiger partial charge on any atom is -0.391 e. The molecule has 22 heavy (non-hydrogen) atoms. The summed E-state index contributed by atoms with van der Waals surface area (Å²) in [6.45, 7) is 2.35. The molecule has 0 fully saturated rings. The number of hydrogen-bond donors (Lipinski definition) is 1. The molecule has 1 heterocycles. The molecule has 0 aliphatic heterocycles. The number of nitrogens with zero attached hydrogens (tertiary/aromatic N) is 3. The van der Waals surface area contributed by atoms with Gasteiger partial charge in [0.1, 0.15) is 5.82 Å². The third-order valence-corrected chi connectivity index (χ3v) is 3.09. The molecule has 116 valence electrons. The number of nitrogens with one attached hydrogen (secondary N) is 1. The summed E-state index contributed by atoms with van der Waals surface area (Å²) < 4.78 is 5.19. The van der Waals surface area contributed by atoms with Gasteiger partial charge in [-0.1, -0.05) is 30.3 Å². The summed E-state index contributed by atoms with van der Waals surface area (Å²) in [5, 5.41) is 3.19. The van der Waals surface area contributed by atoms with E-state index in [0.717, 1.165) is 5.56 Å². The Balaban J connectivity index is 2.17. The fourth-order valence-corrected chi connectivity index (χ4v) is 1.86. The van der Waals surface area contributed by atoms with Crippen molar-refractivity contribution in [1.82, 2.24) is 14.9 Å². The molecule has 1 N–H and O–H groups in total. The summed E-state index contributed by atoms with van der Waals surface area (Å²) in [5.74, 6) is 0.680. The van der Waals surface area contributed by atoms with E-state index in [4.69, 9.17) is 16.3 Å². The van der Waals surface area contributed by atoms with Gasteiger partial charge in [0, 0.05) is 20.6 Å². The van der Waals surface area contributed by atoms with Crippen LogP contribution >= 0.6 is 11.6 Å². The Labute approximate surface area is 134 Å². The first-order chi connectivity index (χ1) is 10.5. The molecule has 0 aliphatic carbocycles. The third-order valence-electron chi connectivity index (χ3n) is 2.93. The van der Waals surface area contributed by atoms with Crippen molar-refractivity contribution in [1.29, 1.82) is 0 Å². The van der Waals surface area contributed by atoms with Crippen LogP contribution in [0.3, 0.4) is 0 Å². The zero-order valence-electron chi connectivity index (χ0n) is 12.6. The molecule has 1 aromatic carbocycles. The molecule has 0 unspecified atom stereocenters. The second kappa shape index (κ2) is 7.09. The fourth-order valence-electron chi connectivity index (χ4n) is 1.70. The summed E-state index contributed by atoms with van der Waals surface area (Å²) in [7, 11) is 3.18. The van der Waals surface area contributed by atoms with E-state index in [1.54, 1.807) is 21.0 Å². The predicted molar refractivity (Wildman–Crippen MR) is 85.3 cm³/mol. The molecule has 2 aromatic rings. The van der Waals surface area contributed by atoms with E-state index in [1.807, 2.05) is 30.3 Å². The van der Waals surface area contributed by atoms with Crippen LogP contribution in [-0.4, -0.2) is 35.1 Å². The SMILES string of the molecule is Cc1c(NCc2ccccc2)nc(Cl)nc1OC(=O)N(C)C. The molecule has 0 aliphatic rings. The lowest BCUT2D eigenvalue weighted by Gasteiger charge is -2.14. The van der Waals surface area contributed by atoms with Crippen LogP contribution in [-0.2, 0) is 6.54 Å². The molecule has 6 nitrogen and oxygen atoms in total. The van der Waals surface area contributed by atoms with Crippen LogP contribution in [0.4, 0.5) is 10.6 Å². The van der Waals surface area contributed by atoms with Crippen molar-refractivity contribution >= 4 is 23.5 Å². The summed E-state index contributed by atoms with van der Waals surface area (Å²) in [6.07, 6.45) is -0.521. The second-order valence-corrected chi connectivity index (χ2v) is 5.21. The maximum absolute atomic E-state index is 11.6. The Morgan fingerprint density at radius 2 is 1.95 bits per heavy atom. The summed E-state index contributed by atoms with van der Waals surface area (Å²) in [4.78, 5) is 21.1. The molecule has 0 spiro atoms. The van der Waals surface area contributed by atoms with Gasteiger partial charge in [0.25, 0.3) is 0 Å². The van der Waals surface area contributed by atoms with E-state index < -0.39 is 6.09 Å². The van der Waals surface area contributed by atoms with Crippen molar-refractivity contribution in [3.63, 3.8) is 0 Å². The Hall–Kier alpha value is -2.34. The van der Waals surface area contributed by atoms with Crippen LogP contribution in [0.25, 0.3) is 0 Å². The van der Waals surface area contributed by atoms with Gasteiger partial charge in [0.15, 0.2) is 0 Å². The van der Waals surface area contributed by atoms with Crippen molar-refractivity contribution in [3.8, 4) is 5.88 Å². The van der Waals surface area contributed by atoms with Crippen molar-refractivity contribution in [3.05, 3.63) is 46.7 Å². The van der Waals surface area contributed by atoms with E-state index in [9.17, 15) is 4.79 Å². The molecular formula is C15H17ClN4O2. The maximum atomic E-state index is 11.6. The number of carbonyl (C=O) groups is 1. The molecule has 0 saturated heterocycles. The predicted octanol–water partition coefficient (Wildman–Crippen LogP) is 3.11. The van der Waals surface area contributed by atoms with Gasteiger partial charge in [-0.15, -0.1) is 0 Å². The summed E-state index contributed by atoms with van der Waals surface area (Å²) in [5.41, 5.74) is 1.72. The first-order valence-electron chi connectivity index (χ1n) is 6.68. The first-order valence-corrected chi connectivity index (χ1v) is 7.06. The van der Waals surface area contributed by atoms with E-state index in [-0.39, 0.29) is 11.2 Å².